The molecule has 18 heavy (non-hydrogen) atoms. The number of nitrogens with zero attached hydrogens (tertiary/aromatic N) is 1. The Labute approximate surface area is 105 Å². The molecule has 92 valence electrons. The summed E-state index contributed by atoms with van der Waals surface area (Å²) in [5.74, 6) is -2.92. The van der Waals surface area contributed by atoms with Gasteiger partial charge in [0.25, 0.3) is 0 Å². The monoisotopic (exact) mass is 268 g/mol. The molecular formula is C12H7F3N2S. The zero-order chi connectivity index (χ0) is 13.1. The van der Waals surface area contributed by atoms with Gasteiger partial charge in [0.05, 0.1) is 0 Å². The van der Waals surface area contributed by atoms with Crippen LogP contribution in [0.2, 0.25) is 0 Å². The number of rotatable bonds is 3. The summed E-state index contributed by atoms with van der Waals surface area (Å²) in [6.07, 6.45) is 0. The normalized spacial score (nSPS) is 10.1. The zero-order valence-electron chi connectivity index (χ0n) is 9.01. The first-order valence-corrected chi connectivity index (χ1v) is 5.79. The average molecular weight is 268 g/mol. The molecule has 0 amide bonds. The predicted molar refractivity (Wildman–Crippen MR) is 62.7 cm³/mol. The maximum Gasteiger partial charge on any atom is 0.152 e. The van der Waals surface area contributed by atoms with Crippen LogP contribution in [0.3, 0.4) is 0 Å². The molecule has 0 saturated carbocycles. The van der Waals surface area contributed by atoms with Gasteiger partial charge in [-0.1, -0.05) is 0 Å². The highest BCUT2D eigenvalue weighted by Crippen LogP contribution is 2.22. The fourth-order valence-electron chi connectivity index (χ4n) is 1.42. The van der Waals surface area contributed by atoms with Crippen LogP contribution in [-0.2, 0) is 6.54 Å². The van der Waals surface area contributed by atoms with E-state index in [0.29, 0.717) is 17.0 Å². The van der Waals surface area contributed by atoms with Crippen molar-refractivity contribution in [1.82, 2.24) is 0 Å². The van der Waals surface area contributed by atoms with Crippen LogP contribution in [-0.4, -0.2) is 0 Å². The highest BCUT2D eigenvalue weighted by molar-refractivity contribution is 7.12. The molecular weight excluding hydrogens is 261 g/mol. The summed E-state index contributed by atoms with van der Waals surface area (Å²) >= 11 is 1.22. The van der Waals surface area contributed by atoms with Crippen molar-refractivity contribution in [2.45, 2.75) is 6.54 Å². The number of benzene rings is 1. The lowest BCUT2D eigenvalue weighted by Gasteiger charge is -2.07. The number of anilines is 1. The molecule has 2 rings (SSSR count). The van der Waals surface area contributed by atoms with Gasteiger partial charge in [0.15, 0.2) is 11.6 Å². The molecule has 0 atom stereocenters. The first kappa shape index (κ1) is 12.5. The fraction of sp³-hybridized carbons (Fsp3) is 0.0833. The number of thiophene rings is 1. The topological polar surface area (TPSA) is 35.8 Å². The third kappa shape index (κ3) is 2.63. The molecule has 2 aromatic rings. The fourth-order valence-corrected chi connectivity index (χ4v) is 2.16. The third-order valence-electron chi connectivity index (χ3n) is 2.22. The molecule has 0 unspecified atom stereocenters. The summed E-state index contributed by atoms with van der Waals surface area (Å²) in [5, 5.41) is 11.2. The summed E-state index contributed by atoms with van der Waals surface area (Å²) < 4.78 is 39.3. The molecule has 0 aliphatic carbocycles. The van der Waals surface area contributed by atoms with Crippen molar-refractivity contribution >= 4 is 17.0 Å². The second kappa shape index (κ2) is 5.10. The number of halogens is 3. The van der Waals surface area contributed by atoms with Crippen LogP contribution in [0.25, 0.3) is 0 Å². The van der Waals surface area contributed by atoms with E-state index in [0.717, 1.165) is 4.88 Å². The molecule has 1 heterocycles. The Morgan fingerprint density at radius 1 is 1.17 bits per heavy atom. The van der Waals surface area contributed by atoms with E-state index in [1.165, 1.54) is 11.3 Å². The minimum atomic E-state index is -0.982. The van der Waals surface area contributed by atoms with E-state index < -0.39 is 17.5 Å². The van der Waals surface area contributed by atoms with Crippen molar-refractivity contribution in [2.24, 2.45) is 0 Å². The first-order valence-electron chi connectivity index (χ1n) is 4.97. The SMILES string of the molecule is N#Cc1ccc(CNc2c(F)cc(F)cc2F)s1. The molecule has 1 N–H and O–H groups in total. The van der Waals surface area contributed by atoms with Crippen LogP contribution < -0.4 is 5.32 Å². The van der Waals surface area contributed by atoms with E-state index in [1.807, 2.05) is 6.07 Å². The van der Waals surface area contributed by atoms with Gasteiger partial charge in [-0.3, -0.25) is 0 Å². The van der Waals surface area contributed by atoms with Gasteiger partial charge in [-0.05, 0) is 12.1 Å². The van der Waals surface area contributed by atoms with Gasteiger partial charge in [0.2, 0.25) is 0 Å². The molecule has 0 radical (unpaired) electrons. The maximum absolute atomic E-state index is 13.3. The van der Waals surface area contributed by atoms with Crippen molar-refractivity contribution in [3.63, 3.8) is 0 Å². The Morgan fingerprint density at radius 2 is 1.83 bits per heavy atom. The number of nitriles is 1. The van der Waals surface area contributed by atoms with E-state index in [1.54, 1.807) is 12.1 Å². The lowest BCUT2D eigenvalue weighted by atomic mass is 10.2. The molecule has 0 saturated heterocycles. The van der Waals surface area contributed by atoms with Crippen molar-refractivity contribution < 1.29 is 13.2 Å². The summed E-state index contributed by atoms with van der Waals surface area (Å²) in [7, 11) is 0. The van der Waals surface area contributed by atoms with Crippen LogP contribution in [0.15, 0.2) is 24.3 Å². The van der Waals surface area contributed by atoms with Crippen LogP contribution in [0.1, 0.15) is 9.75 Å². The van der Waals surface area contributed by atoms with Gasteiger partial charge in [0, 0.05) is 23.6 Å². The molecule has 2 nitrogen and oxygen atoms in total. The van der Waals surface area contributed by atoms with Gasteiger partial charge >= 0.3 is 0 Å². The van der Waals surface area contributed by atoms with Crippen LogP contribution >= 0.6 is 11.3 Å². The molecule has 1 aromatic carbocycles. The highest BCUT2D eigenvalue weighted by Gasteiger charge is 2.11. The second-order valence-corrected chi connectivity index (χ2v) is 4.64. The number of nitrogens with one attached hydrogen (secondary N) is 1. The van der Waals surface area contributed by atoms with Crippen molar-refractivity contribution in [3.8, 4) is 6.07 Å². The largest absolute Gasteiger partial charge is 0.375 e. The van der Waals surface area contributed by atoms with E-state index >= 15 is 0 Å². The minimum Gasteiger partial charge on any atom is -0.375 e. The summed E-state index contributed by atoms with van der Waals surface area (Å²) in [4.78, 5) is 1.28. The molecule has 1 aromatic heterocycles. The van der Waals surface area contributed by atoms with E-state index in [-0.39, 0.29) is 12.2 Å². The molecule has 0 spiro atoms. The smallest absolute Gasteiger partial charge is 0.152 e. The standard InChI is InChI=1S/C12H7F3N2S/c13-7-3-10(14)12(11(15)4-7)17-6-9-2-1-8(5-16)18-9/h1-4,17H,6H2. The molecule has 0 bridgehead atoms. The molecule has 6 heteroatoms. The lowest BCUT2D eigenvalue weighted by molar-refractivity contribution is 0.547. The Hall–Kier alpha value is -2.00. The highest BCUT2D eigenvalue weighted by atomic mass is 32.1. The zero-order valence-corrected chi connectivity index (χ0v) is 9.82. The molecule has 0 aliphatic rings. The van der Waals surface area contributed by atoms with Gasteiger partial charge in [-0.15, -0.1) is 11.3 Å². The van der Waals surface area contributed by atoms with Crippen molar-refractivity contribution in [3.05, 3.63) is 51.5 Å². The Morgan fingerprint density at radius 3 is 2.39 bits per heavy atom. The van der Waals surface area contributed by atoms with E-state index in [4.69, 9.17) is 5.26 Å². The summed E-state index contributed by atoms with van der Waals surface area (Å²) in [5.41, 5.74) is -0.372. The van der Waals surface area contributed by atoms with Crippen LogP contribution in [0, 0.1) is 28.8 Å². The van der Waals surface area contributed by atoms with E-state index in [9.17, 15) is 13.2 Å². The molecule has 0 aliphatic heterocycles. The average Bonchev–Trinajstić information content (AvgIpc) is 2.75. The maximum atomic E-state index is 13.3. The van der Waals surface area contributed by atoms with Gasteiger partial charge in [-0.25, -0.2) is 13.2 Å². The van der Waals surface area contributed by atoms with Crippen molar-refractivity contribution in [1.29, 1.82) is 5.26 Å². The Bertz CT molecular complexity index is 593. The summed E-state index contributed by atoms with van der Waals surface area (Å²) in [6, 6.07) is 6.51. The van der Waals surface area contributed by atoms with Gasteiger partial charge < -0.3 is 5.32 Å². The third-order valence-corrected chi connectivity index (χ3v) is 3.21. The van der Waals surface area contributed by atoms with Gasteiger partial charge in [0.1, 0.15) is 22.5 Å². The quantitative estimate of drug-likeness (QED) is 0.922. The number of hydrogen-bond acceptors (Lipinski definition) is 3. The first-order chi connectivity index (χ1) is 8.60. The lowest BCUT2D eigenvalue weighted by Crippen LogP contribution is -2.03. The molecule has 0 fully saturated rings. The Kier molecular flexibility index (Phi) is 3.53. The Balaban J connectivity index is 2.13. The minimum absolute atomic E-state index is 0.172. The summed E-state index contributed by atoms with van der Waals surface area (Å²) in [6.45, 7) is 0.172. The van der Waals surface area contributed by atoms with E-state index in [2.05, 4.69) is 5.32 Å². The number of hydrogen-bond donors (Lipinski definition) is 1. The van der Waals surface area contributed by atoms with Crippen LogP contribution in [0.4, 0.5) is 18.9 Å². The second-order valence-electron chi connectivity index (χ2n) is 3.48. The van der Waals surface area contributed by atoms with Crippen molar-refractivity contribution in [2.75, 3.05) is 5.32 Å². The van der Waals surface area contributed by atoms with Gasteiger partial charge in [-0.2, -0.15) is 5.26 Å². The van der Waals surface area contributed by atoms with Crippen LogP contribution in [0.5, 0.6) is 0 Å². The predicted octanol–water partition coefficient (Wildman–Crippen LogP) is 3.65.